The van der Waals surface area contributed by atoms with Crippen molar-refractivity contribution >= 4 is 11.6 Å². The van der Waals surface area contributed by atoms with Crippen LogP contribution in [0, 0.1) is 18.3 Å². The number of pyridine rings is 2. The van der Waals surface area contributed by atoms with E-state index in [-0.39, 0.29) is 0 Å². The van der Waals surface area contributed by atoms with Crippen LogP contribution in [0.25, 0.3) is 11.1 Å². The number of hydrogen-bond donors (Lipinski definition) is 1. The first-order chi connectivity index (χ1) is 10.8. The summed E-state index contributed by atoms with van der Waals surface area (Å²) in [5, 5.41) is 12.7. The molecule has 0 spiro atoms. The molecule has 0 aliphatic carbocycles. The van der Waals surface area contributed by atoms with E-state index in [1.165, 1.54) is 0 Å². The molecule has 0 bridgehead atoms. The molecule has 0 saturated heterocycles. The predicted molar refractivity (Wildman–Crippen MR) is 86.6 cm³/mol. The Morgan fingerprint density at radius 2 is 1.77 bits per heavy atom. The van der Waals surface area contributed by atoms with Crippen LogP contribution < -0.4 is 5.32 Å². The van der Waals surface area contributed by atoms with Crippen LogP contribution in [0.5, 0.6) is 0 Å². The quantitative estimate of drug-likeness (QED) is 0.788. The van der Waals surface area contributed by atoms with Gasteiger partial charge in [0.25, 0.3) is 0 Å². The number of hydrogen-bond acceptors (Lipinski definition) is 4. The van der Waals surface area contributed by atoms with Crippen molar-refractivity contribution in [3.63, 3.8) is 0 Å². The largest absolute Gasteiger partial charge is 0.324 e. The molecule has 2 heterocycles. The molecule has 1 N–H and O–H groups in total. The Bertz CT molecular complexity index is 835. The van der Waals surface area contributed by atoms with Crippen molar-refractivity contribution in [1.29, 1.82) is 5.26 Å². The molecule has 1 aromatic carbocycles. The summed E-state index contributed by atoms with van der Waals surface area (Å²) in [6.45, 7) is 1.99. The lowest BCUT2D eigenvalue weighted by atomic mass is 10.0. The van der Waals surface area contributed by atoms with E-state index in [1.54, 1.807) is 12.4 Å². The van der Waals surface area contributed by atoms with E-state index >= 15 is 0 Å². The van der Waals surface area contributed by atoms with E-state index < -0.39 is 0 Å². The van der Waals surface area contributed by atoms with Crippen LogP contribution in [-0.2, 0) is 0 Å². The fraction of sp³-hybridized carbons (Fsp3) is 0.0556. The van der Waals surface area contributed by atoms with Gasteiger partial charge in [-0.05, 0) is 36.2 Å². The Kier molecular flexibility index (Phi) is 3.80. The number of rotatable bonds is 3. The van der Waals surface area contributed by atoms with Crippen molar-refractivity contribution in [1.82, 2.24) is 9.97 Å². The number of anilines is 2. The van der Waals surface area contributed by atoms with Crippen molar-refractivity contribution in [3.05, 3.63) is 72.1 Å². The molecule has 0 amide bonds. The molecule has 22 heavy (non-hydrogen) atoms. The first-order valence-electron chi connectivity index (χ1n) is 6.92. The lowest BCUT2D eigenvalue weighted by molar-refractivity contribution is 1.23. The molecule has 0 fully saturated rings. The van der Waals surface area contributed by atoms with Gasteiger partial charge in [0.05, 0.1) is 0 Å². The van der Waals surface area contributed by atoms with Crippen LogP contribution in [0.2, 0.25) is 0 Å². The zero-order valence-corrected chi connectivity index (χ0v) is 12.1. The summed E-state index contributed by atoms with van der Waals surface area (Å²) in [4.78, 5) is 8.54. The fourth-order valence-electron chi connectivity index (χ4n) is 2.25. The summed E-state index contributed by atoms with van der Waals surface area (Å²) in [6, 6.07) is 17.7. The van der Waals surface area contributed by atoms with Crippen LogP contribution in [0.3, 0.4) is 0 Å². The maximum Gasteiger partial charge on any atom is 0.150 e. The second-order valence-corrected chi connectivity index (χ2v) is 4.90. The summed E-state index contributed by atoms with van der Waals surface area (Å²) in [7, 11) is 0. The molecule has 0 radical (unpaired) electrons. The normalized spacial score (nSPS) is 10.0. The Morgan fingerprint density at radius 3 is 2.50 bits per heavy atom. The van der Waals surface area contributed by atoms with Crippen molar-refractivity contribution in [3.8, 4) is 17.2 Å². The molecule has 4 nitrogen and oxygen atoms in total. The average Bonchev–Trinajstić information content (AvgIpc) is 2.55. The van der Waals surface area contributed by atoms with Gasteiger partial charge in [0, 0.05) is 18.0 Å². The highest BCUT2D eigenvalue weighted by Gasteiger charge is 2.11. The molecule has 0 aliphatic heterocycles. The maximum absolute atomic E-state index is 9.54. The SMILES string of the molecule is Cc1ccnc(Nc2nccc(-c3ccccc3)c2C#N)c1. The monoisotopic (exact) mass is 286 g/mol. The summed E-state index contributed by atoms with van der Waals surface area (Å²) in [5.41, 5.74) is 3.45. The zero-order valence-electron chi connectivity index (χ0n) is 12.1. The van der Waals surface area contributed by atoms with Crippen LogP contribution >= 0.6 is 0 Å². The Morgan fingerprint density at radius 1 is 1.00 bits per heavy atom. The number of nitrogens with one attached hydrogen (secondary N) is 1. The first kappa shape index (κ1) is 13.8. The van der Waals surface area contributed by atoms with E-state index in [9.17, 15) is 5.26 Å². The van der Waals surface area contributed by atoms with E-state index in [1.807, 2.05) is 55.5 Å². The van der Waals surface area contributed by atoms with Crippen molar-refractivity contribution in [2.75, 3.05) is 5.32 Å². The molecule has 0 saturated carbocycles. The standard InChI is InChI=1S/C18H14N4/c1-13-7-9-20-17(11-13)22-18-16(12-19)15(8-10-21-18)14-5-3-2-4-6-14/h2-11H,1H3,(H,20,21,22). The second kappa shape index (κ2) is 6.06. The number of nitrogens with zero attached hydrogens (tertiary/aromatic N) is 3. The third-order valence-corrected chi connectivity index (χ3v) is 3.31. The average molecular weight is 286 g/mol. The van der Waals surface area contributed by atoms with Gasteiger partial charge in [0.15, 0.2) is 0 Å². The summed E-state index contributed by atoms with van der Waals surface area (Å²) >= 11 is 0. The number of aryl methyl sites for hydroxylation is 1. The van der Waals surface area contributed by atoms with Gasteiger partial charge in [-0.2, -0.15) is 5.26 Å². The summed E-state index contributed by atoms with van der Waals surface area (Å²) in [6.07, 6.45) is 3.42. The van der Waals surface area contributed by atoms with E-state index in [4.69, 9.17) is 0 Å². The predicted octanol–water partition coefficient (Wildman–Crippen LogP) is 4.07. The third-order valence-electron chi connectivity index (χ3n) is 3.31. The van der Waals surface area contributed by atoms with Crippen LogP contribution in [-0.4, -0.2) is 9.97 Å². The molecular weight excluding hydrogens is 272 g/mol. The lowest BCUT2D eigenvalue weighted by Crippen LogP contribution is -2.00. The molecule has 0 aliphatic rings. The third kappa shape index (κ3) is 2.79. The number of nitriles is 1. The van der Waals surface area contributed by atoms with Gasteiger partial charge in [-0.25, -0.2) is 9.97 Å². The van der Waals surface area contributed by atoms with Crippen LogP contribution in [0.15, 0.2) is 60.9 Å². The minimum Gasteiger partial charge on any atom is -0.324 e. The smallest absolute Gasteiger partial charge is 0.150 e. The molecule has 3 aromatic rings. The minimum absolute atomic E-state index is 0.511. The molecule has 0 unspecified atom stereocenters. The van der Waals surface area contributed by atoms with Gasteiger partial charge >= 0.3 is 0 Å². The van der Waals surface area contributed by atoms with Crippen molar-refractivity contribution in [2.24, 2.45) is 0 Å². The van der Waals surface area contributed by atoms with Gasteiger partial charge in [0.2, 0.25) is 0 Å². The van der Waals surface area contributed by atoms with Crippen LogP contribution in [0.1, 0.15) is 11.1 Å². The summed E-state index contributed by atoms with van der Waals surface area (Å²) in [5.74, 6) is 1.19. The fourth-order valence-corrected chi connectivity index (χ4v) is 2.25. The Labute approximate surface area is 129 Å². The first-order valence-corrected chi connectivity index (χ1v) is 6.92. The van der Waals surface area contributed by atoms with Gasteiger partial charge in [-0.3, -0.25) is 0 Å². The minimum atomic E-state index is 0.511. The second-order valence-electron chi connectivity index (χ2n) is 4.90. The highest BCUT2D eigenvalue weighted by atomic mass is 15.1. The van der Waals surface area contributed by atoms with E-state index in [2.05, 4.69) is 21.4 Å². The van der Waals surface area contributed by atoms with Crippen molar-refractivity contribution in [2.45, 2.75) is 6.92 Å². The number of aromatic nitrogens is 2. The Hall–Kier alpha value is -3.19. The maximum atomic E-state index is 9.54. The molecule has 106 valence electrons. The Balaban J connectivity index is 2.04. The molecule has 3 rings (SSSR count). The molecular formula is C18H14N4. The number of benzene rings is 1. The zero-order chi connectivity index (χ0) is 15.4. The van der Waals surface area contributed by atoms with E-state index in [0.717, 1.165) is 16.7 Å². The van der Waals surface area contributed by atoms with Gasteiger partial charge in [-0.15, -0.1) is 0 Å². The van der Waals surface area contributed by atoms with Gasteiger partial charge in [0.1, 0.15) is 23.3 Å². The highest BCUT2D eigenvalue weighted by Crippen LogP contribution is 2.28. The van der Waals surface area contributed by atoms with Gasteiger partial charge in [-0.1, -0.05) is 30.3 Å². The molecule has 2 aromatic heterocycles. The van der Waals surface area contributed by atoms with Crippen molar-refractivity contribution < 1.29 is 0 Å². The summed E-state index contributed by atoms with van der Waals surface area (Å²) < 4.78 is 0. The van der Waals surface area contributed by atoms with Crippen LogP contribution in [0.4, 0.5) is 11.6 Å². The molecule has 0 atom stereocenters. The lowest BCUT2D eigenvalue weighted by Gasteiger charge is -2.10. The van der Waals surface area contributed by atoms with E-state index in [0.29, 0.717) is 17.2 Å². The highest BCUT2D eigenvalue weighted by molar-refractivity contribution is 5.77. The molecule has 4 heteroatoms. The topological polar surface area (TPSA) is 61.6 Å². The van der Waals surface area contributed by atoms with Gasteiger partial charge < -0.3 is 5.32 Å².